The van der Waals surface area contributed by atoms with Crippen LogP contribution in [0.5, 0.6) is 11.5 Å². The van der Waals surface area contributed by atoms with E-state index in [2.05, 4.69) is 5.32 Å². The second-order valence-corrected chi connectivity index (χ2v) is 6.51. The normalized spacial score (nSPS) is 14.8. The Morgan fingerprint density at radius 1 is 0.966 bits per heavy atom. The van der Waals surface area contributed by atoms with E-state index in [0.717, 1.165) is 22.9 Å². The highest BCUT2D eigenvalue weighted by atomic mass is 19.4. The van der Waals surface area contributed by atoms with Gasteiger partial charge in [0.25, 0.3) is 5.91 Å². The number of carbonyl (C=O) groups is 1. The fourth-order valence-electron chi connectivity index (χ4n) is 3.51. The zero-order chi connectivity index (χ0) is 20.8. The highest BCUT2D eigenvalue weighted by Crippen LogP contribution is 2.41. The van der Waals surface area contributed by atoms with E-state index in [4.69, 9.17) is 9.47 Å². The second-order valence-electron chi connectivity index (χ2n) is 6.51. The van der Waals surface area contributed by atoms with Crippen LogP contribution in [0.1, 0.15) is 16.7 Å². The Labute approximate surface area is 164 Å². The predicted octanol–water partition coefficient (Wildman–Crippen LogP) is 5.37. The van der Waals surface area contributed by atoms with Crippen molar-refractivity contribution in [2.45, 2.75) is 6.18 Å². The van der Waals surface area contributed by atoms with E-state index in [1.807, 2.05) is 12.1 Å². The van der Waals surface area contributed by atoms with Gasteiger partial charge in [0.1, 0.15) is 11.5 Å². The van der Waals surface area contributed by atoms with Crippen molar-refractivity contribution in [1.29, 1.82) is 0 Å². The molecule has 0 atom stereocenters. The van der Waals surface area contributed by atoms with E-state index in [9.17, 15) is 18.0 Å². The van der Waals surface area contributed by atoms with Crippen molar-refractivity contribution < 1.29 is 27.4 Å². The van der Waals surface area contributed by atoms with Crippen LogP contribution in [0.3, 0.4) is 0 Å². The van der Waals surface area contributed by atoms with Crippen LogP contribution in [-0.4, -0.2) is 20.1 Å². The van der Waals surface area contributed by atoms with Crippen LogP contribution in [0.2, 0.25) is 0 Å². The summed E-state index contributed by atoms with van der Waals surface area (Å²) in [5.41, 5.74) is 0.722. The molecule has 148 valence electrons. The number of nitrogens with one attached hydrogen (secondary N) is 1. The molecule has 7 heteroatoms. The maximum Gasteiger partial charge on any atom is 0.416 e. The van der Waals surface area contributed by atoms with Gasteiger partial charge in [-0.25, -0.2) is 0 Å². The number of benzene rings is 3. The van der Waals surface area contributed by atoms with Crippen LogP contribution in [0, 0.1) is 0 Å². The number of fused-ring (bicyclic) bond motifs is 2. The number of alkyl halides is 3. The maximum atomic E-state index is 13.0. The number of hydrogen-bond donors (Lipinski definition) is 1. The van der Waals surface area contributed by atoms with Crippen molar-refractivity contribution in [2.75, 3.05) is 19.5 Å². The first kappa shape index (κ1) is 18.9. The Morgan fingerprint density at radius 3 is 2.41 bits per heavy atom. The van der Waals surface area contributed by atoms with Crippen molar-refractivity contribution in [3.63, 3.8) is 0 Å². The van der Waals surface area contributed by atoms with Crippen molar-refractivity contribution in [1.82, 2.24) is 0 Å². The molecule has 0 fully saturated rings. The van der Waals surface area contributed by atoms with Crippen LogP contribution in [-0.2, 0) is 11.0 Å². The lowest BCUT2D eigenvalue weighted by Crippen LogP contribution is -2.06. The van der Waals surface area contributed by atoms with Gasteiger partial charge < -0.3 is 14.8 Å². The Morgan fingerprint density at radius 2 is 1.72 bits per heavy atom. The molecule has 4 rings (SSSR count). The van der Waals surface area contributed by atoms with Crippen molar-refractivity contribution in [3.8, 4) is 11.5 Å². The van der Waals surface area contributed by atoms with Gasteiger partial charge in [-0.3, -0.25) is 4.79 Å². The van der Waals surface area contributed by atoms with E-state index >= 15 is 0 Å². The molecule has 0 unspecified atom stereocenters. The lowest BCUT2D eigenvalue weighted by Gasteiger charge is -2.12. The summed E-state index contributed by atoms with van der Waals surface area (Å²) in [5, 5.41) is 4.06. The number of carbonyl (C=O) groups excluding carboxylic acids is 1. The van der Waals surface area contributed by atoms with E-state index in [1.165, 1.54) is 6.07 Å². The number of methoxy groups -OCH3 is 2. The average molecular weight is 399 g/mol. The number of hydrogen-bond acceptors (Lipinski definition) is 3. The minimum Gasteiger partial charge on any atom is -0.496 e. The lowest BCUT2D eigenvalue weighted by molar-refractivity contribution is -0.137. The van der Waals surface area contributed by atoms with Crippen LogP contribution in [0.4, 0.5) is 18.9 Å². The maximum absolute atomic E-state index is 13.0. The number of anilines is 1. The number of amides is 1. The Hall–Kier alpha value is -3.48. The summed E-state index contributed by atoms with van der Waals surface area (Å²) >= 11 is 0. The monoisotopic (exact) mass is 399 g/mol. The van der Waals surface area contributed by atoms with Crippen molar-refractivity contribution in [2.24, 2.45) is 0 Å². The lowest BCUT2D eigenvalue weighted by atomic mass is 9.98. The third-order valence-electron chi connectivity index (χ3n) is 4.86. The number of rotatable bonds is 3. The largest absolute Gasteiger partial charge is 0.496 e. The van der Waals surface area contributed by atoms with Crippen molar-refractivity contribution in [3.05, 3.63) is 65.2 Å². The van der Waals surface area contributed by atoms with Gasteiger partial charge in [-0.2, -0.15) is 13.2 Å². The highest BCUT2D eigenvalue weighted by Gasteiger charge is 2.33. The van der Waals surface area contributed by atoms with Gasteiger partial charge in [0.05, 0.1) is 19.8 Å². The molecule has 0 saturated heterocycles. The van der Waals surface area contributed by atoms with Crippen LogP contribution in [0.25, 0.3) is 22.4 Å². The van der Waals surface area contributed by atoms with Gasteiger partial charge in [0.15, 0.2) is 0 Å². The first-order valence-electron chi connectivity index (χ1n) is 8.72. The predicted molar refractivity (Wildman–Crippen MR) is 105 cm³/mol. The molecule has 1 amide bonds. The number of ether oxygens (including phenoxy) is 2. The third-order valence-corrected chi connectivity index (χ3v) is 4.86. The molecule has 0 bridgehead atoms. The first-order chi connectivity index (χ1) is 13.8. The summed E-state index contributed by atoms with van der Waals surface area (Å²) < 4.78 is 49.8. The molecule has 0 aromatic heterocycles. The molecule has 3 aromatic rings. The fourth-order valence-corrected chi connectivity index (χ4v) is 3.51. The summed E-state index contributed by atoms with van der Waals surface area (Å²) in [5.74, 6) is 0.782. The van der Waals surface area contributed by atoms with E-state index in [1.54, 1.807) is 38.5 Å². The second kappa shape index (κ2) is 6.84. The molecule has 29 heavy (non-hydrogen) atoms. The van der Waals surface area contributed by atoms with Crippen molar-refractivity contribution >= 4 is 34.0 Å². The molecule has 0 radical (unpaired) electrons. The van der Waals surface area contributed by atoms with Gasteiger partial charge in [-0.1, -0.05) is 24.3 Å². The van der Waals surface area contributed by atoms with Gasteiger partial charge >= 0.3 is 6.18 Å². The Kier molecular flexibility index (Phi) is 4.45. The summed E-state index contributed by atoms with van der Waals surface area (Å²) in [7, 11) is 3.10. The number of halogens is 3. The third kappa shape index (κ3) is 3.18. The summed E-state index contributed by atoms with van der Waals surface area (Å²) in [6, 6.07) is 12.3. The minimum absolute atomic E-state index is 0.140. The van der Waals surface area contributed by atoms with Crippen LogP contribution < -0.4 is 14.8 Å². The smallest absolute Gasteiger partial charge is 0.416 e. The molecule has 1 aliphatic rings. The van der Waals surface area contributed by atoms with Gasteiger partial charge in [0, 0.05) is 27.6 Å². The molecule has 3 aromatic carbocycles. The Balaban J connectivity index is 1.90. The summed E-state index contributed by atoms with van der Waals surface area (Å²) in [6.45, 7) is 0. The highest BCUT2D eigenvalue weighted by molar-refractivity contribution is 6.35. The van der Waals surface area contributed by atoms with E-state index in [0.29, 0.717) is 22.6 Å². The van der Waals surface area contributed by atoms with Gasteiger partial charge in [-0.15, -0.1) is 0 Å². The van der Waals surface area contributed by atoms with E-state index in [-0.39, 0.29) is 11.3 Å². The van der Waals surface area contributed by atoms with Crippen LogP contribution in [0.15, 0.2) is 48.5 Å². The Bertz CT molecular complexity index is 1170. The topological polar surface area (TPSA) is 47.6 Å². The molecule has 0 spiro atoms. The molecule has 0 saturated carbocycles. The van der Waals surface area contributed by atoms with Gasteiger partial charge in [0.2, 0.25) is 0 Å². The SMILES string of the molecule is COc1ccc(/C=C2\C(=O)Nc3cc(C(F)(F)F)ccc32)c2c(OC)cccc12. The summed E-state index contributed by atoms with van der Waals surface area (Å²) in [4.78, 5) is 12.5. The fraction of sp³-hybridized carbons (Fsp3) is 0.136. The molecular weight excluding hydrogens is 383 g/mol. The minimum atomic E-state index is -4.48. The van der Waals surface area contributed by atoms with Gasteiger partial charge in [-0.05, 0) is 35.9 Å². The average Bonchev–Trinajstić information content (AvgIpc) is 3.01. The molecule has 4 nitrogen and oxygen atoms in total. The quantitative estimate of drug-likeness (QED) is 0.603. The molecule has 1 heterocycles. The molecular formula is C22H16F3NO3. The first-order valence-corrected chi connectivity index (χ1v) is 8.72. The molecule has 1 N–H and O–H groups in total. The zero-order valence-electron chi connectivity index (χ0n) is 15.6. The standard InChI is InChI=1S/C22H16F3NO3/c1-28-18-9-6-12(20-15(18)4-3-5-19(20)29-2)10-16-14-8-7-13(22(23,24)25)11-17(14)26-21(16)27/h3-11H,1-2H3,(H,26,27)/b16-10-. The van der Waals surface area contributed by atoms with E-state index < -0.39 is 17.6 Å². The molecule has 0 aliphatic carbocycles. The zero-order valence-corrected chi connectivity index (χ0v) is 15.6. The van der Waals surface area contributed by atoms with Crippen LogP contribution >= 0.6 is 0 Å². The summed E-state index contributed by atoms with van der Waals surface area (Å²) in [6.07, 6.45) is -2.83. The molecule has 1 aliphatic heterocycles.